The van der Waals surface area contributed by atoms with Crippen molar-refractivity contribution in [1.82, 2.24) is 0 Å². The van der Waals surface area contributed by atoms with Crippen molar-refractivity contribution < 1.29 is 42.9 Å². The summed E-state index contributed by atoms with van der Waals surface area (Å²) in [6, 6.07) is 0. The normalized spacial score (nSPS) is 14.1. The first-order valence-electron chi connectivity index (χ1n) is 26.6. The molecular formula is C62H95NO8. The maximum absolute atomic E-state index is 12.8. The molecule has 0 aromatic rings. The van der Waals surface area contributed by atoms with E-state index in [1.807, 2.05) is 21.1 Å². The van der Waals surface area contributed by atoms with Crippen molar-refractivity contribution in [3.63, 3.8) is 0 Å². The van der Waals surface area contributed by atoms with Gasteiger partial charge in [-0.05, 0) is 122 Å². The molecule has 2 unspecified atom stereocenters. The molecule has 0 bridgehead atoms. The summed E-state index contributed by atoms with van der Waals surface area (Å²) in [7, 11) is 5.87. The van der Waals surface area contributed by atoms with Crippen LogP contribution in [0.5, 0.6) is 0 Å². The highest BCUT2D eigenvalue weighted by molar-refractivity contribution is 5.70. The molecule has 0 amide bonds. The Morgan fingerprint density at radius 1 is 0.423 bits per heavy atom. The van der Waals surface area contributed by atoms with Crippen molar-refractivity contribution in [3.8, 4) is 0 Å². The van der Waals surface area contributed by atoms with Gasteiger partial charge in [0.25, 0.3) is 0 Å². The molecule has 0 aliphatic carbocycles. The summed E-state index contributed by atoms with van der Waals surface area (Å²) in [5, 5.41) is 11.8. The molecule has 0 aromatic heterocycles. The van der Waals surface area contributed by atoms with Gasteiger partial charge in [-0.25, -0.2) is 0 Å². The molecule has 0 saturated heterocycles. The smallest absolute Gasteiger partial charge is 0.306 e. The predicted octanol–water partition coefficient (Wildman–Crippen LogP) is 14.1. The van der Waals surface area contributed by atoms with Gasteiger partial charge in [0.05, 0.1) is 40.3 Å². The molecule has 0 aliphatic rings. The maximum atomic E-state index is 12.8. The Balaban J connectivity index is 4.52. The number of esters is 2. The molecule has 9 nitrogen and oxygen atoms in total. The monoisotopic (exact) mass is 982 g/mol. The fourth-order valence-electron chi connectivity index (χ4n) is 6.22. The minimum atomic E-state index is -1.65. The number of quaternary nitrogens is 1. The Labute approximate surface area is 432 Å². The zero-order valence-corrected chi connectivity index (χ0v) is 44.8. The molecule has 0 aliphatic heterocycles. The van der Waals surface area contributed by atoms with E-state index < -0.39 is 30.3 Å². The molecule has 2 atom stereocenters. The number of unbranched alkanes of at least 4 members (excludes halogenated alkanes) is 5. The second-order valence-corrected chi connectivity index (χ2v) is 18.0. The van der Waals surface area contributed by atoms with E-state index in [-0.39, 0.29) is 32.7 Å². The molecule has 0 saturated carbocycles. The summed E-state index contributed by atoms with van der Waals surface area (Å²) in [4.78, 5) is 37.2. The summed E-state index contributed by atoms with van der Waals surface area (Å²) in [5.41, 5.74) is 0. The first-order chi connectivity index (χ1) is 34.6. The lowest BCUT2D eigenvalue weighted by Gasteiger charge is -2.26. The number of rotatable bonds is 46. The quantitative estimate of drug-likeness (QED) is 0.0195. The Morgan fingerprint density at radius 2 is 0.761 bits per heavy atom. The van der Waals surface area contributed by atoms with Gasteiger partial charge in [0.15, 0.2) is 12.4 Å². The molecule has 0 N–H and O–H groups in total. The van der Waals surface area contributed by atoms with Gasteiger partial charge in [0.2, 0.25) is 0 Å². The van der Waals surface area contributed by atoms with Crippen LogP contribution in [0.15, 0.2) is 158 Å². The third-order valence-electron chi connectivity index (χ3n) is 10.3. The van der Waals surface area contributed by atoms with Crippen LogP contribution in [0.25, 0.3) is 0 Å². The number of carbonyl (C=O) groups is 3. The highest BCUT2D eigenvalue weighted by atomic mass is 16.7. The van der Waals surface area contributed by atoms with Crippen LogP contribution in [0, 0.1) is 0 Å². The summed E-state index contributed by atoms with van der Waals surface area (Å²) in [6.45, 7) is 4.38. The number of allylic oxidation sites excluding steroid dienone is 26. The van der Waals surface area contributed by atoms with Gasteiger partial charge < -0.3 is 33.3 Å². The minimum absolute atomic E-state index is 0.123. The fourth-order valence-corrected chi connectivity index (χ4v) is 6.22. The molecule has 71 heavy (non-hydrogen) atoms. The number of aliphatic carboxylic acids is 1. The third-order valence-corrected chi connectivity index (χ3v) is 10.3. The minimum Gasteiger partial charge on any atom is -0.545 e. The summed E-state index contributed by atoms with van der Waals surface area (Å²) >= 11 is 0. The number of likely N-dealkylation sites (N-methyl/N-ethyl adjacent to an activating group) is 1. The second kappa shape index (κ2) is 51.3. The Morgan fingerprint density at radius 3 is 1.13 bits per heavy atom. The number of carboxylic acid groups (broad SMARTS) is 1. The summed E-state index contributed by atoms with van der Waals surface area (Å²) in [6.07, 6.45) is 72.8. The van der Waals surface area contributed by atoms with Gasteiger partial charge in [0, 0.05) is 12.8 Å². The Bertz CT molecular complexity index is 1710. The molecule has 0 fully saturated rings. The molecule has 0 rings (SSSR count). The predicted molar refractivity (Wildman–Crippen MR) is 296 cm³/mol. The highest BCUT2D eigenvalue weighted by Crippen LogP contribution is 2.10. The van der Waals surface area contributed by atoms with E-state index in [2.05, 4.69) is 172 Å². The lowest BCUT2D eigenvalue weighted by Crippen LogP contribution is -2.44. The largest absolute Gasteiger partial charge is 0.545 e. The van der Waals surface area contributed by atoms with Gasteiger partial charge >= 0.3 is 11.9 Å². The average molecular weight is 982 g/mol. The third kappa shape index (κ3) is 52.6. The van der Waals surface area contributed by atoms with Crippen LogP contribution >= 0.6 is 0 Å². The summed E-state index contributed by atoms with van der Waals surface area (Å²) in [5.74, 6) is -2.42. The van der Waals surface area contributed by atoms with E-state index in [0.717, 1.165) is 116 Å². The van der Waals surface area contributed by atoms with Crippen LogP contribution in [-0.4, -0.2) is 82.3 Å². The summed E-state index contributed by atoms with van der Waals surface area (Å²) < 4.78 is 22.5. The number of hydrogen-bond acceptors (Lipinski definition) is 8. The van der Waals surface area contributed by atoms with E-state index in [0.29, 0.717) is 23.9 Å². The highest BCUT2D eigenvalue weighted by Gasteiger charge is 2.21. The van der Waals surface area contributed by atoms with Gasteiger partial charge in [-0.3, -0.25) is 9.59 Å². The van der Waals surface area contributed by atoms with Crippen LogP contribution in [0.4, 0.5) is 0 Å². The van der Waals surface area contributed by atoms with E-state index >= 15 is 0 Å². The molecule has 0 spiro atoms. The van der Waals surface area contributed by atoms with Crippen molar-refractivity contribution in [3.05, 3.63) is 158 Å². The average Bonchev–Trinajstić information content (AvgIpc) is 3.34. The SMILES string of the molecule is CC/C=C\C/C=C\C/C=C\C/C=C\C/C=C\C/C=C\C/C=C\CCCCCC(=O)OC(COC(=O)CCCC/C=C\C/C=C\C/C=C\C/C=C\C/C=C\C/C=C\CC)COC(OCC[N+](C)(C)C)C(=O)[O-]. The van der Waals surface area contributed by atoms with E-state index in [1.54, 1.807) is 0 Å². The standard InChI is InChI=1S/C62H95NO8/c1-6-8-10-12-14-16-18-20-22-24-26-28-29-30-31-33-35-37-39-41-43-45-47-49-51-53-60(65)71-58(57-70-62(61(66)67)68-55-54-63(3,4)5)56-69-59(64)52-50-48-46-44-42-40-38-36-34-32-27-25-23-21-19-17-15-13-11-9-7-2/h8-11,14-17,20-23,26-28,30-32,35-38,41-44,58,62H,6-7,12-13,18-19,24-25,29,33-34,39-40,45-57H2,1-5H3/b10-8-,11-9-,16-14-,17-15-,22-20-,23-21-,28-26-,31-30-,32-27-,37-35-,38-36-,43-41-,44-42-. The lowest BCUT2D eigenvalue weighted by molar-refractivity contribution is -0.870. The number of ether oxygens (including phenoxy) is 4. The van der Waals surface area contributed by atoms with Crippen LogP contribution in [0.1, 0.15) is 155 Å². The van der Waals surface area contributed by atoms with Crippen LogP contribution in [0.2, 0.25) is 0 Å². The number of carbonyl (C=O) groups excluding carboxylic acids is 3. The van der Waals surface area contributed by atoms with Crippen LogP contribution < -0.4 is 5.11 Å². The molecule has 9 heteroatoms. The Kier molecular flexibility index (Phi) is 47.6. The zero-order valence-electron chi connectivity index (χ0n) is 44.8. The molecular weight excluding hydrogens is 887 g/mol. The second-order valence-electron chi connectivity index (χ2n) is 18.0. The first-order valence-corrected chi connectivity index (χ1v) is 26.6. The van der Waals surface area contributed by atoms with E-state index in [1.165, 1.54) is 0 Å². The number of carboxylic acids is 1. The zero-order chi connectivity index (χ0) is 52.0. The van der Waals surface area contributed by atoms with E-state index in [9.17, 15) is 19.5 Å². The van der Waals surface area contributed by atoms with Gasteiger partial charge in [0.1, 0.15) is 13.2 Å². The van der Waals surface area contributed by atoms with Gasteiger partial charge in [-0.1, -0.05) is 178 Å². The number of nitrogens with zero attached hydrogens (tertiary/aromatic N) is 1. The first kappa shape index (κ1) is 65.9. The molecule has 0 heterocycles. The van der Waals surface area contributed by atoms with Crippen molar-refractivity contribution >= 4 is 17.9 Å². The van der Waals surface area contributed by atoms with Crippen LogP contribution in [0.3, 0.4) is 0 Å². The van der Waals surface area contributed by atoms with Crippen molar-refractivity contribution in [2.24, 2.45) is 0 Å². The van der Waals surface area contributed by atoms with Crippen LogP contribution in [-0.2, 0) is 33.3 Å². The molecule has 396 valence electrons. The molecule has 0 radical (unpaired) electrons. The lowest BCUT2D eigenvalue weighted by atomic mass is 10.1. The maximum Gasteiger partial charge on any atom is 0.306 e. The number of hydrogen-bond donors (Lipinski definition) is 0. The topological polar surface area (TPSA) is 111 Å². The van der Waals surface area contributed by atoms with Crippen molar-refractivity contribution in [2.45, 2.75) is 167 Å². The van der Waals surface area contributed by atoms with Crippen molar-refractivity contribution in [1.29, 1.82) is 0 Å². The van der Waals surface area contributed by atoms with Gasteiger partial charge in [-0.2, -0.15) is 0 Å². The van der Waals surface area contributed by atoms with Gasteiger partial charge in [-0.15, -0.1) is 0 Å². The van der Waals surface area contributed by atoms with E-state index in [4.69, 9.17) is 18.9 Å². The van der Waals surface area contributed by atoms with Crippen molar-refractivity contribution in [2.75, 3.05) is 47.5 Å². The molecule has 0 aromatic carbocycles. The fraction of sp³-hybridized carbons (Fsp3) is 0.532. The Hall–Kier alpha value is -5.09.